The van der Waals surface area contributed by atoms with Gasteiger partial charge >= 0.3 is 0 Å². The van der Waals surface area contributed by atoms with Crippen LogP contribution in [0.5, 0.6) is 0 Å². The molecule has 2 aromatic rings. The van der Waals surface area contributed by atoms with Crippen LogP contribution in [0.1, 0.15) is 10.5 Å². The third-order valence-electron chi connectivity index (χ3n) is 3.05. The molecule has 1 N–H and O–H groups in total. The summed E-state index contributed by atoms with van der Waals surface area (Å²) < 4.78 is 27.7. The standard InChI is InChI=1S/C14H12N2O4S/c17-14(15-11-6-7-21(18,19)9-11)12-8-13(20-16-12)10-4-2-1-3-5-10/h1-8,11H,9H2,(H,15,17)/t11-/m0/s1. The van der Waals surface area contributed by atoms with Crippen molar-refractivity contribution >= 4 is 15.7 Å². The van der Waals surface area contributed by atoms with E-state index in [0.717, 1.165) is 11.0 Å². The lowest BCUT2D eigenvalue weighted by Gasteiger charge is -2.07. The van der Waals surface area contributed by atoms with Gasteiger partial charge in [0.15, 0.2) is 21.3 Å². The van der Waals surface area contributed by atoms with Gasteiger partial charge in [-0.2, -0.15) is 0 Å². The summed E-state index contributed by atoms with van der Waals surface area (Å²) in [4.78, 5) is 12.0. The fourth-order valence-electron chi connectivity index (χ4n) is 2.03. The first-order valence-corrected chi connectivity index (χ1v) is 7.99. The van der Waals surface area contributed by atoms with Crippen LogP contribution in [0.4, 0.5) is 0 Å². The van der Waals surface area contributed by atoms with Crippen LogP contribution in [0.15, 0.2) is 52.4 Å². The van der Waals surface area contributed by atoms with Crippen LogP contribution in [0.2, 0.25) is 0 Å². The minimum Gasteiger partial charge on any atom is -0.355 e. The minimum absolute atomic E-state index is 0.117. The van der Waals surface area contributed by atoms with Gasteiger partial charge in [0.05, 0.1) is 11.8 Å². The largest absolute Gasteiger partial charge is 0.355 e. The molecule has 1 aliphatic heterocycles. The number of carbonyl (C=O) groups excluding carboxylic acids is 1. The van der Waals surface area contributed by atoms with Gasteiger partial charge in [-0.15, -0.1) is 0 Å². The molecule has 21 heavy (non-hydrogen) atoms. The molecular formula is C14H12N2O4S. The Labute approximate surface area is 121 Å². The summed E-state index contributed by atoms with van der Waals surface area (Å²) in [7, 11) is -3.20. The average molecular weight is 304 g/mol. The van der Waals surface area contributed by atoms with E-state index in [1.54, 1.807) is 0 Å². The summed E-state index contributed by atoms with van der Waals surface area (Å²) in [5.74, 6) is -0.106. The van der Waals surface area contributed by atoms with Crippen molar-refractivity contribution in [3.8, 4) is 11.3 Å². The van der Waals surface area contributed by atoms with Gasteiger partial charge < -0.3 is 9.84 Å². The van der Waals surface area contributed by atoms with Crippen LogP contribution >= 0.6 is 0 Å². The fraction of sp³-hybridized carbons (Fsp3) is 0.143. The van der Waals surface area contributed by atoms with Gasteiger partial charge in [-0.3, -0.25) is 4.79 Å². The zero-order valence-corrected chi connectivity index (χ0v) is 11.7. The average Bonchev–Trinajstić information content (AvgIpc) is 3.07. The molecule has 3 rings (SSSR count). The van der Waals surface area contributed by atoms with E-state index in [1.807, 2.05) is 30.3 Å². The summed E-state index contributed by atoms with van der Waals surface area (Å²) in [5, 5.41) is 7.41. The Kier molecular flexibility index (Phi) is 3.34. The van der Waals surface area contributed by atoms with Gasteiger partial charge in [0, 0.05) is 17.0 Å². The SMILES string of the molecule is O=C(N[C@H]1C=CS(=O)(=O)C1)c1cc(-c2ccccc2)on1. The van der Waals surface area contributed by atoms with Gasteiger partial charge in [0.2, 0.25) is 0 Å². The highest BCUT2D eigenvalue weighted by Crippen LogP contribution is 2.19. The first-order chi connectivity index (χ1) is 10.0. The Morgan fingerprint density at radius 3 is 2.71 bits per heavy atom. The van der Waals surface area contributed by atoms with Gasteiger partial charge in [-0.05, 0) is 6.08 Å². The van der Waals surface area contributed by atoms with E-state index in [-0.39, 0.29) is 11.4 Å². The molecule has 0 radical (unpaired) electrons. The van der Waals surface area contributed by atoms with Crippen LogP contribution in [0, 0.1) is 0 Å². The van der Waals surface area contributed by atoms with E-state index in [4.69, 9.17) is 4.52 Å². The highest BCUT2D eigenvalue weighted by molar-refractivity contribution is 7.94. The molecule has 0 bridgehead atoms. The molecule has 2 heterocycles. The monoisotopic (exact) mass is 304 g/mol. The number of amides is 1. The molecule has 1 amide bonds. The third-order valence-corrected chi connectivity index (χ3v) is 4.44. The van der Waals surface area contributed by atoms with Crippen molar-refractivity contribution in [1.82, 2.24) is 10.5 Å². The first-order valence-electron chi connectivity index (χ1n) is 6.27. The Bertz CT molecular complexity index is 793. The van der Waals surface area contributed by atoms with E-state index < -0.39 is 21.8 Å². The van der Waals surface area contributed by atoms with E-state index in [0.29, 0.717) is 5.76 Å². The van der Waals surface area contributed by atoms with Gasteiger partial charge in [0.1, 0.15) is 0 Å². The lowest BCUT2D eigenvalue weighted by atomic mass is 10.1. The Balaban J connectivity index is 1.72. The number of aromatic nitrogens is 1. The topological polar surface area (TPSA) is 89.3 Å². The molecule has 0 saturated heterocycles. The zero-order chi connectivity index (χ0) is 14.9. The number of benzene rings is 1. The molecule has 6 nitrogen and oxygen atoms in total. The molecule has 7 heteroatoms. The molecule has 0 spiro atoms. The summed E-state index contributed by atoms with van der Waals surface area (Å²) in [5.41, 5.74) is 0.930. The summed E-state index contributed by atoms with van der Waals surface area (Å²) in [6, 6.07) is 10.3. The maximum atomic E-state index is 12.0. The van der Waals surface area contributed by atoms with Crippen LogP contribution in [0.3, 0.4) is 0 Å². The number of nitrogens with zero attached hydrogens (tertiary/aromatic N) is 1. The lowest BCUT2D eigenvalue weighted by Crippen LogP contribution is -2.35. The first kappa shape index (κ1) is 13.6. The van der Waals surface area contributed by atoms with E-state index in [9.17, 15) is 13.2 Å². The number of rotatable bonds is 3. The molecular weight excluding hydrogens is 292 g/mol. The van der Waals surface area contributed by atoms with Gasteiger partial charge in [-0.1, -0.05) is 35.5 Å². The highest BCUT2D eigenvalue weighted by atomic mass is 32.2. The lowest BCUT2D eigenvalue weighted by molar-refractivity contribution is 0.0938. The van der Waals surface area contributed by atoms with Crippen molar-refractivity contribution in [2.24, 2.45) is 0 Å². The minimum atomic E-state index is -3.20. The molecule has 0 aliphatic carbocycles. The molecule has 1 aromatic carbocycles. The van der Waals surface area contributed by atoms with E-state index in [1.165, 1.54) is 12.1 Å². The van der Waals surface area contributed by atoms with Crippen molar-refractivity contribution < 1.29 is 17.7 Å². The maximum Gasteiger partial charge on any atom is 0.273 e. The number of hydrogen-bond donors (Lipinski definition) is 1. The Morgan fingerprint density at radius 1 is 1.29 bits per heavy atom. The molecule has 108 valence electrons. The Morgan fingerprint density at radius 2 is 2.05 bits per heavy atom. The van der Waals surface area contributed by atoms with Crippen molar-refractivity contribution in [3.63, 3.8) is 0 Å². The smallest absolute Gasteiger partial charge is 0.273 e. The normalized spacial score (nSPS) is 19.5. The summed E-state index contributed by atoms with van der Waals surface area (Å²) in [6.45, 7) is 0. The van der Waals surface area contributed by atoms with E-state index >= 15 is 0 Å². The van der Waals surface area contributed by atoms with Crippen LogP contribution in [-0.2, 0) is 9.84 Å². The van der Waals surface area contributed by atoms with E-state index in [2.05, 4.69) is 10.5 Å². The second-order valence-electron chi connectivity index (χ2n) is 4.68. The second-order valence-corrected chi connectivity index (χ2v) is 6.61. The molecule has 1 aromatic heterocycles. The van der Waals surface area contributed by atoms with Gasteiger partial charge in [-0.25, -0.2) is 8.42 Å². The van der Waals surface area contributed by atoms with Crippen LogP contribution in [-0.4, -0.2) is 31.3 Å². The van der Waals surface area contributed by atoms with Crippen molar-refractivity contribution in [2.75, 3.05) is 5.75 Å². The molecule has 0 fully saturated rings. The number of sulfone groups is 1. The number of hydrogen-bond acceptors (Lipinski definition) is 5. The summed E-state index contributed by atoms with van der Waals surface area (Å²) >= 11 is 0. The second kappa shape index (κ2) is 5.17. The summed E-state index contributed by atoms with van der Waals surface area (Å²) in [6.07, 6.45) is 1.45. The predicted octanol–water partition coefficient (Wildman–Crippen LogP) is 1.38. The fourth-order valence-corrected chi connectivity index (χ4v) is 3.26. The predicted molar refractivity (Wildman–Crippen MR) is 76.1 cm³/mol. The number of carbonyl (C=O) groups is 1. The Hall–Kier alpha value is -2.41. The van der Waals surface area contributed by atoms with Crippen LogP contribution in [0.25, 0.3) is 11.3 Å². The zero-order valence-electron chi connectivity index (χ0n) is 10.9. The van der Waals surface area contributed by atoms with Crippen molar-refractivity contribution in [1.29, 1.82) is 0 Å². The van der Waals surface area contributed by atoms with Crippen LogP contribution < -0.4 is 5.32 Å². The molecule has 1 aliphatic rings. The molecule has 0 saturated carbocycles. The van der Waals surface area contributed by atoms with Gasteiger partial charge in [0.25, 0.3) is 5.91 Å². The van der Waals surface area contributed by atoms with Crippen molar-refractivity contribution in [3.05, 3.63) is 53.6 Å². The third kappa shape index (κ3) is 3.03. The quantitative estimate of drug-likeness (QED) is 0.925. The highest BCUT2D eigenvalue weighted by Gasteiger charge is 2.24. The molecule has 0 unspecified atom stereocenters. The van der Waals surface area contributed by atoms with Crippen molar-refractivity contribution in [2.45, 2.75) is 6.04 Å². The number of nitrogens with one attached hydrogen (secondary N) is 1. The molecule has 1 atom stereocenters. The maximum absolute atomic E-state index is 12.0.